The molecule has 0 bridgehead atoms. The Morgan fingerprint density at radius 2 is 2.04 bits per heavy atom. The van der Waals surface area contributed by atoms with Crippen LogP contribution in [-0.4, -0.2) is 15.5 Å². The molecule has 5 rings (SSSR count). The van der Waals surface area contributed by atoms with Gasteiger partial charge >= 0.3 is 6.18 Å². The lowest BCUT2D eigenvalue weighted by Crippen LogP contribution is -2.08. The molecule has 1 N–H and O–H groups in total. The number of carbonyl (C=O) groups is 1. The van der Waals surface area contributed by atoms with Crippen LogP contribution in [0.4, 0.5) is 18.9 Å². The number of nitrogens with zero attached hydrogens (tertiary/aromatic N) is 2. The maximum Gasteiger partial charge on any atom is 0.418 e. The van der Waals surface area contributed by atoms with Crippen molar-refractivity contribution in [3.05, 3.63) is 64.5 Å². The quantitative estimate of drug-likeness (QED) is 0.746. The minimum Gasteiger partial charge on any atom is -0.326 e. The molecule has 0 unspecified atom stereocenters. The number of hydrogen-bond acceptors (Lipinski definition) is 2. The average Bonchev–Trinajstić information content (AvgIpc) is 3.29. The van der Waals surface area contributed by atoms with Crippen LogP contribution in [0.5, 0.6) is 0 Å². The second kappa shape index (κ2) is 5.58. The summed E-state index contributed by atoms with van der Waals surface area (Å²) in [6, 6.07) is 8.09. The second-order valence-corrected chi connectivity index (χ2v) is 7.24. The molecule has 1 fully saturated rings. The molecule has 1 aliphatic heterocycles. The van der Waals surface area contributed by atoms with E-state index in [2.05, 4.69) is 10.4 Å². The number of anilines is 1. The summed E-state index contributed by atoms with van der Waals surface area (Å²) >= 11 is 0. The third-order valence-corrected chi connectivity index (χ3v) is 5.23. The Bertz CT molecular complexity index is 1080. The molecule has 1 aromatic carbocycles. The van der Waals surface area contributed by atoms with Gasteiger partial charge in [0.1, 0.15) is 0 Å². The number of aromatic nitrogens is 2. The van der Waals surface area contributed by atoms with Gasteiger partial charge in [0.05, 0.1) is 23.2 Å². The van der Waals surface area contributed by atoms with Crippen molar-refractivity contribution in [2.75, 3.05) is 5.32 Å². The van der Waals surface area contributed by atoms with Gasteiger partial charge in [0.15, 0.2) is 0 Å². The highest BCUT2D eigenvalue weighted by atomic mass is 19.4. The van der Waals surface area contributed by atoms with Crippen LogP contribution >= 0.6 is 0 Å². The van der Waals surface area contributed by atoms with Crippen LogP contribution in [0, 0.1) is 0 Å². The van der Waals surface area contributed by atoms with Crippen molar-refractivity contribution >= 4 is 17.1 Å². The molecule has 0 radical (unpaired) electrons. The molecule has 1 amide bonds. The maximum atomic E-state index is 13.6. The Morgan fingerprint density at radius 3 is 2.78 bits per heavy atom. The molecule has 3 heterocycles. The molecule has 2 aliphatic rings. The Kier molecular flexibility index (Phi) is 3.38. The second-order valence-electron chi connectivity index (χ2n) is 7.24. The number of amides is 1. The van der Waals surface area contributed by atoms with Gasteiger partial charge in [-0.2, -0.15) is 18.3 Å². The lowest BCUT2D eigenvalue weighted by atomic mass is 9.97. The van der Waals surface area contributed by atoms with Gasteiger partial charge in [0.25, 0.3) is 0 Å². The number of benzene rings is 1. The third-order valence-electron chi connectivity index (χ3n) is 5.23. The summed E-state index contributed by atoms with van der Waals surface area (Å²) in [6.07, 6.45) is -0.273. The van der Waals surface area contributed by atoms with Crippen molar-refractivity contribution in [3.8, 4) is 0 Å². The molecule has 1 saturated carbocycles. The Morgan fingerprint density at radius 1 is 1.22 bits per heavy atom. The minimum absolute atomic E-state index is 0.0591. The highest BCUT2D eigenvalue weighted by molar-refractivity contribution is 5.99. The number of fused-ring (bicyclic) bond motifs is 2. The summed E-state index contributed by atoms with van der Waals surface area (Å²) in [5, 5.41) is 7.26. The number of halogens is 3. The van der Waals surface area contributed by atoms with Gasteiger partial charge < -0.3 is 5.32 Å². The Labute approximate surface area is 153 Å². The summed E-state index contributed by atoms with van der Waals surface area (Å²) in [6.45, 7) is 0. The summed E-state index contributed by atoms with van der Waals surface area (Å²) < 4.78 is 42.2. The van der Waals surface area contributed by atoms with E-state index in [1.807, 2.05) is 18.2 Å². The first-order valence-corrected chi connectivity index (χ1v) is 8.89. The van der Waals surface area contributed by atoms with E-state index in [0.29, 0.717) is 18.4 Å². The van der Waals surface area contributed by atoms with Crippen LogP contribution in [0.3, 0.4) is 0 Å². The molecule has 1 aliphatic carbocycles. The SMILES string of the molecule is O=C1Cc2cc(Cc3c(C4CC4)nn4cccc(C(F)(F)F)c34)ccc2N1. The standard InChI is InChI=1S/C20H16F3N3O/c21-20(22,23)15-2-1-7-26-19(15)14(18(25-26)12-4-5-12)9-11-3-6-16-13(8-11)10-17(27)24-16/h1-3,6-8,12H,4-5,9-10H2,(H,24,27). The van der Waals surface area contributed by atoms with E-state index in [-0.39, 0.29) is 17.3 Å². The average molecular weight is 371 g/mol. The van der Waals surface area contributed by atoms with Gasteiger partial charge in [0, 0.05) is 29.8 Å². The lowest BCUT2D eigenvalue weighted by molar-refractivity contribution is -0.136. The van der Waals surface area contributed by atoms with Crippen molar-refractivity contribution in [1.29, 1.82) is 0 Å². The highest BCUT2D eigenvalue weighted by Gasteiger charge is 2.37. The number of hydrogen-bond donors (Lipinski definition) is 1. The Hall–Kier alpha value is -2.83. The first kappa shape index (κ1) is 16.4. The lowest BCUT2D eigenvalue weighted by Gasteiger charge is -2.11. The van der Waals surface area contributed by atoms with Crippen molar-refractivity contribution in [2.45, 2.75) is 37.8 Å². The molecule has 7 heteroatoms. The summed E-state index contributed by atoms with van der Waals surface area (Å²) in [7, 11) is 0. The zero-order valence-electron chi connectivity index (χ0n) is 14.3. The fourth-order valence-electron chi connectivity index (χ4n) is 3.86. The van der Waals surface area contributed by atoms with Crippen molar-refractivity contribution < 1.29 is 18.0 Å². The van der Waals surface area contributed by atoms with E-state index < -0.39 is 11.7 Å². The molecule has 0 atom stereocenters. The fourth-order valence-corrected chi connectivity index (χ4v) is 3.86. The largest absolute Gasteiger partial charge is 0.418 e. The van der Waals surface area contributed by atoms with E-state index in [1.54, 1.807) is 6.20 Å². The van der Waals surface area contributed by atoms with Gasteiger partial charge in [-0.25, -0.2) is 4.52 Å². The maximum absolute atomic E-state index is 13.6. The third kappa shape index (κ3) is 2.78. The monoisotopic (exact) mass is 371 g/mol. The highest BCUT2D eigenvalue weighted by Crippen LogP contribution is 2.44. The van der Waals surface area contributed by atoms with Crippen LogP contribution in [-0.2, 0) is 23.8 Å². The van der Waals surface area contributed by atoms with Crippen molar-refractivity contribution in [3.63, 3.8) is 0 Å². The molecular weight excluding hydrogens is 355 g/mol. The van der Waals surface area contributed by atoms with E-state index in [4.69, 9.17) is 0 Å². The fraction of sp³-hybridized carbons (Fsp3) is 0.300. The molecule has 0 spiro atoms. The number of alkyl halides is 3. The topological polar surface area (TPSA) is 46.4 Å². The number of carbonyl (C=O) groups excluding carboxylic acids is 1. The van der Waals surface area contributed by atoms with E-state index in [0.717, 1.165) is 41.4 Å². The van der Waals surface area contributed by atoms with Crippen LogP contribution in [0.2, 0.25) is 0 Å². The van der Waals surface area contributed by atoms with Gasteiger partial charge in [-0.05, 0) is 42.2 Å². The minimum atomic E-state index is -4.44. The molecule has 4 nitrogen and oxygen atoms in total. The number of pyridine rings is 1. The molecule has 0 saturated heterocycles. The van der Waals surface area contributed by atoms with Crippen LogP contribution in [0.15, 0.2) is 36.5 Å². The molecule has 138 valence electrons. The number of rotatable bonds is 3. The number of nitrogens with one attached hydrogen (secondary N) is 1. The summed E-state index contributed by atoms with van der Waals surface area (Å²) in [5.41, 5.74) is 3.45. The van der Waals surface area contributed by atoms with Crippen LogP contribution in [0.1, 0.15) is 46.7 Å². The molecule has 2 aromatic heterocycles. The smallest absolute Gasteiger partial charge is 0.326 e. The first-order valence-electron chi connectivity index (χ1n) is 8.89. The predicted octanol–water partition coefficient (Wildman–Crippen LogP) is 4.32. The Balaban J connectivity index is 1.65. The van der Waals surface area contributed by atoms with Crippen molar-refractivity contribution in [2.24, 2.45) is 0 Å². The van der Waals surface area contributed by atoms with Gasteiger partial charge in [0.2, 0.25) is 5.91 Å². The van der Waals surface area contributed by atoms with Crippen molar-refractivity contribution in [1.82, 2.24) is 9.61 Å². The summed E-state index contributed by atoms with van der Waals surface area (Å²) in [4.78, 5) is 11.6. The van der Waals surface area contributed by atoms with Gasteiger partial charge in [-0.15, -0.1) is 0 Å². The van der Waals surface area contributed by atoms with E-state index in [1.165, 1.54) is 10.6 Å². The predicted molar refractivity (Wildman–Crippen MR) is 93.8 cm³/mol. The van der Waals surface area contributed by atoms with Crippen LogP contribution < -0.4 is 5.32 Å². The van der Waals surface area contributed by atoms with E-state index in [9.17, 15) is 18.0 Å². The summed E-state index contributed by atoms with van der Waals surface area (Å²) in [5.74, 6) is 0.176. The van der Waals surface area contributed by atoms with Crippen LogP contribution in [0.25, 0.3) is 5.52 Å². The zero-order valence-corrected chi connectivity index (χ0v) is 14.3. The first-order chi connectivity index (χ1) is 12.9. The zero-order chi connectivity index (χ0) is 18.8. The molecule has 27 heavy (non-hydrogen) atoms. The van der Waals surface area contributed by atoms with Gasteiger partial charge in [-0.3, -0.25) is 4.79 Å². The molecular formula is C20H16F3N3O. The normalized spacial score (nSPS) is 16.6. The molecule has 3 aromatic rings. The van der Waals surface area contributed by atoms with E-state index >= 15 is 0 Å². The van der Waals surface area contributed by atoms with Gasteiger partial charge in [-0.1, -0.05) is 12.1 Å².